The third-order valence-corrected chi connectivity index (χ3v) is 4.49. The normalized spacial score (nSPS) is 15.3. The molecule has 23 heavy (non-hydrogen) atoms. The molecule has 2 aromatic rings. The molecule has 1 aliphatic heterocycles. The van der Waals surface area contributed by atoms with Gasteiger partial charge in [-0.2, -0.15) is 0 Å². The first-order chi connectivity index (χ1) is 11.0. The molecule has 1 aromatic carbocycles. The Kier molecular flexibility index (Phi) is 4.07. The van der Waals surface area contributed by atoms with Gasteiger partial charge in [-0.25, -0.2) is 4.39 Å². The second-order valence-electron chi connectivity index (χ2n) is 5.98. The van der Waals surface area contributed by atoms with Crippen molar-refractivity contribution in [3.05, 3.63) is 35.3 Å². The zero-order valence-corrected chi connectivity index (χ0v) is 13.4. The lowest BCUT2D eigenvalue weighted by Crippen LogP contribution is -2.50. The standard InChI is InChI=1S/C17H20FN3O2/c1-11-14(15-9-13(18)3-4-16(15)19-11)10-17(23)21-7-5-20(6-8-21)12(2)22/h3-4,9,19H,5-8,10H2,1-2H3. The van der Waals surface area contributed by atoms with Crippen LogP contribution >= 0.6 is 0 Å². The molecular weight excluding hydrogens is 297 g/mol. The smallest absolute Gasteiger partial charge is 0.227 e. The molecule has 0 radical (unpaired) electrons. The van der Waals surface area contributed by atoms with Crippen molar-refractivity contribution in [3.63, 3.8) is 0 Å². The highest BCUT2D eigenvalue weighted by Crippen LogP contribution is 2.24. The molecule has 0 atom stereocenters. The van der Waals surface area contributed by atoms with E-state index in [2.05, 4.69) is 4.98 Å². The van der Waals surface area contributed by atoms with E-state index >= 15 is 0 Å². The van der Waals surface area contributed by atoms with Gasteiger partial charge in [-0.3, -0.25) is 9.59 Å². The third kappa shape index (κ3) is 3.06. The Hall–Kier alpha value is -2.37. The van der Waals surface area contributed by atoms with Crippen LogP contribution in [-0.4, -0.2) is 52.8 Å². The Labute approximate surface area is 134 Å². The lowest BCUT2D eigenvalue weighted by atomic mass is 10.1. The highest BCUT2D eigenvalue weighted by Gasteiger charge is 2.23. The van der Waals surface area contributed by atoms with E-state index in [0.717, 1.165) is 22.2 Å². The van der Waals surface area contributed by atoms with Crippen LogP contribution < -0.4 is 0 Å². The molecule has 2 heterocycles. The number of piperazine rings is 1. The third-order valence-electron chi connectivity index (χ3n) is 4.49. The second-order valence-corrected chi connectivity index (χ2v) is 5.98. The first-order valence-corrected chi connectivity index (χ1v) is 7.75. The Morgan fingerprint density at radius 2 is 1.83 bits per heavy atom. The molecule has 122 valence electrons. The molecule has 5 nitrogen and oxygen atoms in total. The van der Waals surface area contributed by atoms with Crippen molar-refractivity contribution in [1.29, 1.82) is 0 Å². The van der Waals surface area contributed by atoms with Gasteiger partial charge in [0.15, 0.2) is 0 Å². The van der Waals surface area contributed by atoms with Crippen LogP contribution in [0.5, 0.6) is 0 Å². The number of rotatable bonds is 2. The van der Waals surface area contributed by atoms with Gasteiger partial charge in [0.25, 0.3) is 0 Å². The van der Waals surface area contributed by atoms with Crippen LogP contribution in [-0.2, 0) is 16.0 Å². The minimum atomic E-state index is -0.305. The van der Waals surface area contributed by atoms with Crippen molar-refractivity contribution >= 4 is 22.7 Å². The summed E-state index contributed by atoms with van der Waals surface area (Å²) in [6.45, 7) is 5.68. The summed E-state index contributed by atoms with van der Waals surface area (Å²) in [5.74, 6) is -0.248. The van der Waals surface area contributed by atoms with E-state index in [0.29, 0.717) is 26.2 Å². The number of carbonyl (C=O) groups is 2. The molecule has 0 saturated carbocycles. The van der Waals surface area contributed by atoms with Crippen LogP contribution in [0.3, 0.4) is 0 Å². The Balaban J connectivity index is 1.75. The summed E-state index contributed by atoms with van der Waals surface area (Å²) in [5.41, 5.74) is 2.58. The molecule has 0 bridgehead atoms. The number of fused-ring (bicyclic) bond motifs is 1. The number of halogens is 1. The molecule has 1 fully saturated rings. The molecule has 2 amide bonds. The minimum absolute atomic E-state index is 0.0152. The van der Waals surface area contributed by atoms with Gasteiger partial charge in [-0.15, -0.1) is 0 Å². The molecule has 1 N–H and O–H groups in total. The van der Waals surface area contributed by atoms with E-state index in [1.807, 2.05) is 6.92 Å². The Bertz CT molecular complexity index is 761. The predicted octanol–water partition coefficient (Wildman–Crippen LogP) is 1.85. The molecule has 0 aliphatic carbocycles. The van der Waals surface area contributed by atoms with Crippen molar-refractivity contribution in [2.24, 2.45) is 0 Å². The highest BCUT2D eigenvalue weighted by molar-refractivity contribution is 5.90. The molecule has 1 saturated heterocycles. The number of H-pyrrole nitrogens is 1. The first kappa shape index (κ1) is 15.5. The number of nitrogens with one attached hydrogen (secondary N) is 1. The number of aryl methyl sites for hydroxylation is 1. The van der Waals surface area contributed by atoms with Crippen LogP contribution in [0.1, 0.15) is 18.2 Å². The van der Waals surface area contributed by atoms with Gasteiger partial charge in [0, 0.05) is 49.7 Å². The summed E-state index contributed by atoms with van der Waals surface area (Å²) in [7, 11) is 0. The quantitative estimate of drug-likeness (QED) is 0.919. The highest BCUT2D eigenvalue weighted by atomic mass is 19.1. The lowest BCUT2D eigenvalue weighted by Gasteiger charge is -2.34. The SMILES string of the molecule is CC(=O)N1CCN(C(=O)Cc2c(C)[nH]c3ccc(F)cc23)CC1. The number of hydrogen-bond acceptors (Lipinski definition) is 2. The molecule has 1 aliphatic rings. The van der Waals surface area contributed by atoms with Crippen LogP contribution in [0.25, 0.3) is 10.9 Å². The van der Waals surface area contributed by atoms with Gasteiger partial charge in [-0.05, 0) is 30.7 Å². The fourth-order valence-corrected chi connectivity index (χ4v) is 3.12. The van der Waals surface area contributed by atoms with Crippen molar-refractivity contribution in [2.75, 3.05) is 26.2 Å². The molecule has 3 rings (SSSR count). The van der Waals surface area contributed by atoms with E-state index in [1.165, 1.54) is 12.1 Å². The van der Waals surface area contributed by atoms with Gasteiger partial charge >= 0.3 is 0 Å². The maximum absolute atomic E-state index is 13.5. The van der Waals surface area contributed by atoms with E-state index in [4.69, 9.17) is 0 Å². The largest absolute Gasteiger partial charge is 0.358 e. The average Bonchev–Trinajstić information content (AvgIpc) is 2.83. The Morgan fingerprint density at radius 3 is 2.48 bits per heavy atom. The molecule has 1 aromatic heterocycles. The topological polar surface area (TPSA) is 56.4 Å². The van der Waals surface area contributed by atoms with E-state index in [9.17, 15) is 14.0 Å². The minimum Gasteiger partial charge on any atom is -0.358 e. The molecule has 0 spiro atoms. The van der Waals surface area contributed by atoms with E-state index in [1.54, 1.807) is 22.8 Å². The van der Waals surface area contributed by atoms with Crippen LogP contribution in [0.2, 0.25) is 0 Å². The van der Waals surface area contributed by atoms with Gasteiger partial charge < -0.3 is 14.8 Å². The summed E-state index contributed by atoms with van der Waals surface area (Å²) in [5, 5.41) is 0.762. The molecular formula is C17H20FN3O2. The van der Waals surface area contributed by atoms with E-state index in [-0.39, 0.29) is 24.1 Å². The van der Waals surface area contributed by atoms with Crippen molar-refractivity contribution in [1.82, 2.24) is 14.8 Å². The van der Waals surface area contributed by atoms with Crippen molar-refractivity contribution in [2.45, 2.75) is 20.3 Å². The van der Waals surface area contributed by atoms with Gasteiger partial charge in [0.05, 0.1) is 6.42 Å². The van der Waals surface area contributed by atoms with Gasteiger partial charge in [-0.1, -0.05) is 0 Å². The second kappa shape index (κ2) is 6.02. The van der Waals surface area contributed by atoms with Gasteiger partial charge in [0.2, 0.25) is 11.8 Å². The van der Waals surface area contributed by atoms with Crippen molar-refractivity contribution < 1.29 is 14.0 Å². The summed E-state index contributed by atoms with van der Waals surface area (Å²) in [4.78, 5) is 30.6. The summed E-state index contributed by atoms with van der Waals surface area (Å²) in [6, 6.07) is 4.57. The monoisotopic (exact) mass is 317 g/mol. The number of amides is 2. The zero-order chi connectivity index (χ0) is 16.6. The fraction of sp³-hybridized carbons (Fsp3) is 0.412. The summed E-state index contributed by atoms with van der Waals surface area (Å²) >= 11 is 0. The molecule has 6 heteroatoms. The van der Waals surface area contributed by atoms with E-state index < -0.39 is 0 Å². The maximum Gasteiger partial charge on any atom is 0.227 e. The number of hydrogen-bond donors (Lipinski definition) is 1. The lowest BCUT2D eigenvalue weighted by molar-refractivity contribution is -0.138. The van der Waals surface area contributed by atoms with Crippen LogP contribution in [0, 0.1) is 12.7 Å². The van der Waals surface area contributed by atoms with Crippen molar-refractivity contribution in [3.8, 4) is 0 Å². The predicted molar refractivity (Wildman–Crippen MR) is 85.5 cm³/mol. The summed E-state index contributed by atoms with van der Waals surface area (Å²) < 4.78 is 13.5. The van der Waals surface area contributed by atoms with Gasteiger partial charge in [0.1, 0.15) is 5.82 Å². The Morgan fingerprint density at radius 1 is 1.17 bits per heavy atom. The number of aromatic amines is 1. The number of aromatic nitrogens is 1. The summed E-state index contributed by atoms with van der Waals surface area (Å²) in [6.07, 6.45) is 0.245. The first-order valence-electron chi connectivity index (χ1n) is 7.75. The maximum atomic E-state index is 13.5. The number of nitrogens with zero attached hydrogens (tertiary/aromatic N) is 2. The average molecular weight is 317 g/mol. The fourth-order valence-electron chi connectivity index (χ4n) is 3.12. The number of carbonyl (C=O) groups excluding carboxylic acids is 2. The van der Waals surface area contributed by atoms with Crippen LogP contribution in [0.4, 0.5) is 4.39 Å². The zero-order valence-electron chi connectivity index (χ0n) is 13.4. The number of benzene rings is 1. The van der Waals surface area contributed by atoms with Crippen LogP contribution in [0.15, 0.2) is 18.2 Å². The molecule has 0 unspecified atom stereocenters.